The molecule has 6 N–H and O–H groups in total. The van der Waals surface area contributed by atoms with Crippen LogP contribution in [0, 0.1) is 5.82 Å². The third-order valence-corrected chi connectivity index (χ3v) is 2.78. The van der Waals surface area contributed by atoms with Crippen LogP contribution in [0.15, 0.2) is 12.4 Å². The van der Waals surface area contributed by atoms with Gasteiger partial charge in [-0.3, -0.25) is 5.10 Å². The predicted octanol–water partition coefficient (Wildman–Crippen LogP) is 1.42. The summed E-state index contributed by atoms with van der Waals surface area (Å²) in [7, 11) is 0. The van der Waals surface area contributed by atoms with Crippen molar-refractivity contribution in [1.82, 2.24) is 15.2 Å². The molecule has 6 nitrogen and oxygen atoms in total. The lowest BCUT2D eigenvalue weighted by molar-refractivity contribution is 0.631. The number of aromatic amines is 1. The van der Waals surface area contributed by atoms with Gasteiger partial charge in [-0.1, -0.05) is 11.6 Å². The Morgan fingerprint density at radius 2 is 2.17 bits per heavy atom. The van der Waals surface area contributed by atoms with E-state index in [0.717, 1.165) is 0 Å². The molecule has 0 spiro atoms. The second-order valence-corrected chi connectivity index (χ2v) is 4.04. The first-order chi connectivity index (χ1) is 8.59. The minimum atomic E-state index is -0.647. The third-order valence-electron chi connectivity index (χ3n) is 2.39. The van der Waals surface area contributed by atoms with E-state index in [4.69, 9.17) is 23.1 Å². The van der Waals surface area contributed by atoms with Crippen molar-refractivity contribution in [2.24, 2.45) is 0 Å². The number of nitrogens with two attached hydrogens (primary N) is 2. The Morgan fingerprint density at radius 3 is 2.83 bits per heavy atom. The fourth-order valence-corrected chi connectivity index (χ4v) is 1.65. The summed E-state index contributed by atoms with van der Waals surface area (Å²) in [6.07, 6.45) is 1.96. The maximum atomic E-state index is 13.8. The number of H-pyrrole nitrogens is 1. The summed E-state index contributed by atoms with van der Waals surface area (Å²) in [6.45, 7) is 0.441. The standard InChI is InChI=1S/C10H12ClFN6/c11-8-5(13)3-6(14)10(9(8)12)15-2-1-7-16-4-17-18-7/h3-4,15H,1-2,13-14H2,(H,16,17,18). The van der Waals surface area contributed by atoms with Gasteiger partial charge < -0.3 is 16.8 Å². The van der Waals surface area contributed by atoms with Crippen molar-refractivity contribution < 1.29 is 4.39 Å². The highest BCUT2D eigenvalue weighted by molar-refractivity contribution is 6.33. The molecule has 0 bridgehead atoms. The van der Waals surface area contributed by atoms with Gasteiger partial charge in [-0.2, -0.15) is 5.10 Å². The molecular formula is C10H12ClFN6. The van der Waals surface area contributed by atoms with E-state index in [-0.39, 0.29) is 22.1 Å². The molecule has 0 radical (unpaired) electrons. The highest BCUT2D eigenvalue weighted by Gasteiger charge is 2.13. The van der Waals surface area contributed by atoms with Crippen molar-refractivity contribution in [3.63, 3.8) is 0 Å². The molecule has 96 valence electrons. The molecule has 18 heavy (non-hydrogen) atoms. The molecule has 0 aliphatic heterocycles. The quantitative estimate of drug-likeness (QED) is 0.629. The fraction of sp³-hybridized carbons (Fsp3) is 0.200. The van der Waals surface area contributed by atoms with Gasteiger partial charge in [-0.15, -0.1) is 0 Å². The van der Waals surface area contributed by atoms with Crippen LogP contribution in [-0.4, -0.2) is 21.7 Å². The molecule has 0 aliphatic carbocycles. The predicted molar refractivity (Wildman–Crippen MR) is 68.8 cm³/mol. The van der Waals surface area contributed by atoms with Crippen LogP contribution in [0.1, 0.15) is 5.82 Å². The summed E-state index contributed by atoms with van der Waals surface area (Å²) < 4.78 is 13.8. The van der Waals surface area contributed by atoms with E-state index in [9.17, 15) is 4.39 Å². The van der Waals surface area contributed by atoms with Crippen molar-refractivity contribution in [2.45, 2.75) is 6.42 Å². The highest BCUT2D eigenvalue weighted by atomic mass is 35.5. The van der Waals surface area contributed by atoms with Crippen molar-refractivity contribution in [3.8, 4) is 0 Å². The van der Waals surface area contributed by atoms with Crippen LogP contribution in [0.4, 0.5) is 21.5 Å². The van der Waals surface area contributed by atoms with Gasteiger partial charge in [-0.05, 0) is 6.07 Å². The number of anilines is 3. The van der Waals surface area contributed by atoms with Gasteiger partial charge in [-0.25, -0.2) is 9.37 Å². The first-order valence-corrected chi connectivity index (χ1v) is 5.58. The molecule has 0 atom stereocenters. The third kappa shape index (κ3) is 2.45. The summed E-state index contributed by atoms with van der Waals surface area (Å²) in [5.41, 5.74) is 11.6. The molecule has 0 amide bonds. The van der Waals surface area contributed by atoms with Gasteiger partial charge in [0.1, 0.15) is 17.2 Å². The smallest absolute Gasteiger partial charge is 0.169 e. The van der Waals surface area contributed by atoms with Gasteiger partial charge in [0.05, 0.1) is 17.1 Å². The number of nitrogens with zero attached hydrogens (tertiary/aromatic N) is 2. The van der Waals surface area contributed by atoms with Crippen LogP contribution < -0.4 is 16.8 Å². The lowest BCUT2D eigenvalue weighted by atomic mass is 10.2. The van der Waals surface area contributed by atoms with Crippen molar-refractivity contribution >= 4 is 28.7 Å². The molecular weight excluding hydrogens is 259 g/mol. The molecule has 2 aromatic rings. The Kier molecular flexibility index (Phi) is 3.52. The van der Waals surface area contributed by atoms with E-state index < -0.39 is 5.82 Å². The number of aromatic nitrogens is 3. The van der Waals surface area contributed by atoms with Gasteiger partial charge in [0.15, 0.2) is 5.82 Å². The summed E-state index contributed by atoms with van der Waals surface area (Å²) in [5.74, 6) is 0.0507. The minimum absolute atomic E-state index is 0.118. The van der Waals surface area contributed by atoms with Crippen molar-refractivity contribution in [1.29, 1.82) is 0 Å². The Bertz CT molecular complexity index is 542. The first kappa shape index (κ1) is 12.4. The number of nitrogen functional groups attached to an aromatic ring is 2. The lowest BCUT2D eigenvalue weighted by Crippen LogP contribution is -2.10. The molecule has 1 aromatic carbocycles. The largest absolute Gasteiger partial charge is 0.397 e. The van der Waals surface area contributed by atoms with Crippen LogP contribution >= 0.6 is 11.6 Å². The second kappa shape index (κ2) is 5.09. The summed E-state index contributed by atoms with van der Waals surface area (Å²) in [5, 5.41) is 9.14. The average molecular weight is 271 g/mol. The van der Waals surface area contributed by atoms with Crippen LogP contribution in [0.5, 0.6) is 0 Å². The number of rotatable bonds is 4. The molecule has 8 heteroatoms. The first-order valence-electron chi connectivity index (χ1n) is 5.20. The zero-order valence-electron chi connectivity index (χ0n) is 9.37. The fourth-order valence-electron chi connectivity index (χ4n) is 1.50. The minimum Gasteiger partial charge on any atom is -0.397 e. The molecule has 0 unspecified atom stereocenters. The van der Waals surface area contributed by atoms with E-state index >= 15 is 0 Å². The average Bonchev–Trinajstić information content (AvgIpc) is 2.84. The normalized spacial score (nSPS) is 10.6. The van der Waals surface area contributed by atoms with Gasteiger partial charge in [0.25, 0.3) is 0 Å². The molecule has 1 aromatic heterocycles. The summed E-state index contributed by atoms with van der Waals surface area (Å²) >= 11 is 5.71. The van der Waals surface area contributed by atoms with E-state index in [1.807, 2.05) is 0 Å². The molecule has 0 saturated carbocycles. The lowest BCUT2D eigenvalue weighted by Gasteiger charge is -2.12. The highest BCUT2D eigenvalue weighted by Crippen LogP contribution is 2.33. The summed E-state index contributed by atoms with van der Waals surface area (Å²) in [6, 6.07) is 1.42. The topological polar surface area (TPSA) is 106 Å². The Labute approximate surface area is 108 Å². The van der Waals surface area contributed by atoms with Crippen molar-refractivity contribution in [3.05, 3.63) is 29.1 Å². The number of nitrogens with one attached hydrogen (secondary N) is 2. The van der Waals surface area contributed by atoms with Gasteiger partial charge in [0, 0.05) is 13.0 Å². The van der Waals surface area contributed by atoms with E-state index in [1.165, 1.54) is 12.4 Å². The van der Waals surface area contributed by atoms with Crippen LogP contribution in [0.3, 0.4) is 0 Å². The van der Waals surface area contributed by atoms with E-state index in [0.29, 0.717) is 18.8 Å². The molecule has 0 aliphatic rings. The Balaban J connectivity index is 2.07. The van der Waals surface area contributed by atoms with Gasteiger partial charge in [0.2, 0.25) is 0 Å². The maximum absolute atomic E-state index is 13.8. The van der Waals surface area contributed by atoms with E-state index in [2.05, 4.69) is 20.5 Å². The number of benzene rings is 1. The second-order valence-electron chi connectivity index (χ2n) is 3.67. The van der Waals surface area contributed by atoms with E-state index in [1.54, 1.807) is 0 Å². The summed E-state index contributed by atoms with van der Waals surface area (Å²) in [4.78, 5) is 3.95. The molecule has 0 fully saturated rings. The van der Waals surface area contributed by atoms with Crippen LogP contribution in [-0.2, 0) is 6.42 Å². The van der Waals surface area contributed by atoms with Crippen LogP contribution in [0.25, 0.3) is 0 Å². The molecule has 0 saturated heterocycles. The monoisotopic (exact) mass is 270 g/mol. The zero-order chi connectivity index (χ0) is 13.1. The SMILES string of the molecule is Nc1cc(N)c(NCCc2ncn[nH]2)c(F)c1Cl. The van der Waals surface area contributed by atoms with Gasteiger partial charge >= 0.3 is 0 Å². The van der Waals surface area contributed by atoms with Crippen LogP contribution in [0.2, 0.25) is 5.02 Å². The molecule has 1 heterocycles. The molecule has 2 rings (SSSR count). The number of halogens is 2. The zero-order valence-corrected chi connectivity index (χ0v) is 10.1. The number of hydrogen-bond donors (Lipinski definition) is 4. The number of hydrogen-bond acceptors (Lipinski definition) is 5. The Morgan fingerprint density at radius 1 is 1.39 bits per heavy atom. The Hall–Kier alpha value is -2.02. The van der Waals surface area contributed by atoms with Crippen molar-refractivity contribution in [2.75, 3.05) is 23.3 Å². The maximum Gasteiger partial charge on any atom is 0.169 e.